The van der Waals surface area contributed by atoms with Crippen molar-refractivity contribution in [1.29, 1.82) is 0 Å². The number of aromatic amines is 1. The van der Waals surface area contributed by atoms with E-state index in [2.05, 4.69) is 15.0 Å². The molecule has 0 unspecified atom stereocenters. The average Bonchev–Trinajstić information content (AvgIpc) is 3.03. The minimum absolute atomic E-state index is 0.230. The molecule has 27 heavy (non-hydrogen) atoms. The van der Waals surface area contributed by atoms with Gasteiger partial charge in [-0.1, -0.05) is 11.6 Å². The highest BCUT2D eigenvalue weighted by atomic mass is 35.5. The second-order valence-electron chi connectivity index (χ2n) is 6.34. The van der Waals surface area contributed by atoms with Crippen molar-refractivity contribution in [1.82, 2.24) is 15.0 Å². The summed E-state index contributed by atoms with van der Waals surface area (Å²) in [6.45, 7) is -0.0124. The van der Waals surface area contributed by atoms with Gasteiger partial charge in [-0.3, -0.25) is 0 Å². The standard InChI is InChI=1S/C18H17ClFN3O4/c19-12-6-13-17(22-16(12)9-1-3-10(20)4-2-9)23-18(21-13)27-11-5-14(25)15(7-24)26-8-11/h1-4,6,11,14-15,24-25H,5,7-8H2,(H,21,22,23)/t11-,14+,15-/m1/s1. The lowest BCUT2D eigenvalue weighted by molar-refractivity contribution is -0.131. The van der Waals surface area contributed by atoms with Crippen LogP contribution in [0, 0.1) is 5.82 Å². The van der Waals surface area contributed by atoms with E-state index in [1.165, 1.54) is 12.1 Å². The number of aromatic nitrogens is 3. The Morgan fingerprint density at radius 3 is 2.78 bits per heavy atom. The first-order valence-corrected chi connectivity index (χ1v) is 8.80. The number of hydrogen-bond donors (Lipinski definition) is 3. The molecule has 0 bridgehead atoms. The lowest BCUT2D eigenvalue weighted by Crippen LogP contribution is -2.45. The highest BCUT2D eigenvalue weighted by molar-refractivity contribution is 6.33. The van der Waals surface area contributed by atoms with E-state index in [4.69, 9.17) is 26.2 Å². The van der Waals surface area contributed by atoms with Crippen LogP contribution >= 0.6 is 11.6 Å². The quantitative estimate of drug-likeness (QED) is 0.629. The summed E-state index contributed by atoms with van der Waals surface area (Å²) in [5, 5.41) is 19.4. The monoisotopic (exact) mass is 393 g/mol. The van der Waals surface area contributed by atoms with Gasteiger partial charge in [0.2, 0.25) is 0 Å². The van der Waals surface area contributed by atoms with Gasteiger partial charge in [-0.2, -0.15) is 4.98 Å². The Bertz CT molecular complexity index is 950. The summed E-state index contributed by atoms with van der Waals surface area (Å²) in [7, 11) is 0. The maximum Gasteiger partial charge on any atom is 0.296 e. The highest BCUT2D eigenvalue weighted by Gasteiger charge is 2.31. The van der Waals surface area contributed by atoms with Crippen molar-refractivity contribution in [3.05, 3.63) is 41.2 Å². The van der Waals surface area contributed by atoms with Gasteiger partial charge in [0, 0.05) is 12.0 Å². The number of H-pyrrole nitrogens is 1. The van der Waals surface area contributed by atoms with Crippen molar-refractivity contribution in [2.75, 3.05) is 13.2 Å². The van der Waals surface area contributed by atoms with E-state index >= 15 is 0 Å². The Morgan fingerprint density at radius 2 is 2.07 bits per heavy atom. The molecule has 0 radical (unpaired) electrons. The van der Waals surface area contributed by atoms with Crippen LogP contribution < -0.4 is 4.74 Å². The third-order valence-electron chi connectivity index (χ3n) is 4.41. The molecule has 1 saturated heterocycles. The fourth-order valence-corrected chi connectivity index (χ4v) is 3.27. The molecule has 1 aromatic carbocycles. The summed E-state index contributed by atoms with van der Waals surface area (Å²) < 4.78 is 24.2. The molecule has 0 saturated carbocycles. The number of pyridine rings is 1. The van der Waals surface area contributed by atoms with Crippen LogP contribution in [0.4, 0.5) is 4.39 Å². The van der Waals surface area contributed by atoms with E-state index in [9.17, 15) is 9.50 Å². The van der Waals surface area contributed by atoms with Gasteiger partial charge >= 0.3 is 0 Å². The molecule has 9 heteroatoms. The summed E-state index contributed by atoms with van der Waals surface area (Å²) in [6.07, 6.45) is -1.50. The van der Waals surface area contributed by atoms with Crippen molar-refractivity contribution in [2.24, 2.45) is 0 Å². The molecule has 2 aromatic heterocycles. The molecule has 3 heterocycles. The van der Waals surface area contributed by atoms with Gasteiger partial charge in [-0.15, -0.1) is 0 Å². The zero-order chi connectivity index (χ0) is 19.0. The van der Waals surface area contributed by atoms with Crippen LogP contribution in [0.5, 0.6) is 6.01 Å². The Morgan fingerprint density at radius 1 is 1.30 bits per heavy atom. The van der Waals surface area contributed by atoms with E-state index in [1.54, 1.807) is 18.2 Å². The fraction of sp³-hybridized carbons (Fsp3) is 0.333. The Balaban J connectivity index is 1.57. The lowest BCUT2D eigenvalue weighted by atomic mass is 10.0. The number of benzene rings is 1. The van der Waals surface area contributed by atoms with Crippen LogP contribution in [0.1, 0.15) is 6.42 Å². The number of nitrogens with one attached hydrogen (secondary N) is 1. The molecule has 0 aliphatic carbocycles. The van der Waals surface area contributed by atoms with E-state index < -0.39 is 18.3 Å². The molecule has 3 aromatic rings. The number of nitrogens with zero attached hydrogens (tertiary/aromatic N) is 2. The number of imidazole rings is 1. The maximum absolute atomic E-state index is 13.1. The van der Waals surface area contributed by atoms with E-state index in [0.717, 1.165) is 0 Å². The zero-order valence-electron chi connectivity index (χ0n) is 14.1. The third kappa shape index (κ3) is 3.74. The smallest absolute Gasteiger partial charge is 0.296 e. The highest BCUT2D eigenvalue weighted by Crippen LogP contribution is 2.30. The predicted octanol–water partition coefficient (Wildman–Crippen LogP) is 2.31. The van der Waals surface area contributed by atoms with Crippen molar-refractivity contribution < 1.29 is 24.1 Å². The fourth-order valence-electron chi connectivity index (χ4n) is 3.01. The van der Waals surface area contributed by atoms with E-state index in [0.29, 0.717) is 33.9 Å². The van der Waals surface area contributed by atoms with Gasteiger partial charge in [-0.25, -0.2) is 9.37 Å². The van der Waals surface area contributed by atoms with Crippen LogP contribution in [0.15, 0.2) is 30.3 Å². The lowest BCUT2D eigenvalue weighted by Gasteiger charge is -2.31. The molecule has 3 atom stereocenters. The van der Waals surface area contributed by atoms with Crippen LogP contribution in [0.2, 0.25) is 5.02 Å². The predicted molar refractivity (Wildman–Crippen MR) is 96.2 cm³/mol. The SMILES string of the molecule is OC[C@H]1OC[C@H](Oc2nc3nc(-c4ccc(F)cc4)c(Cl)cc3[nH]2)C[C@@H]1O. The van der Waals surface area contributed by atoms with Crippen LogP contribution in [0.3, 0.4) is 0 Å². The maximum atomic E-state index is 13.1. The number of hydrogen-bond acceptors (Lipinski definition) is 6. The molecular weight excluding hydrogens is 377 g/mol. The molecule has 1 aliphatic rings. The van der Waals surface area contributed by atoms with Gasteiger partial charge in [0.05, 0.1) is 35.6 Å². The number of aliphatic hydroxyl groups is 2. The summed E-state index contributed by atoms with van der Waals surface area (Å²) in [4.78, 5) is 11.7. The Hall–Kier alpha value is -2.26. The van der Waals surface area contributed by atoms with Gasteiger partial charge in [0.1, 0.15) is 18.0 Å². The first kappa shape index (κ1) is 18.1. The molecule has 4 rings (SSSR count). The van der Waals surface area contributed by atoms with Crippen molar-refractivity contribution in [3.63, 3.8) is 0 Å². The molecule has 142 valence electrons. The topological polar surface area (TPSA) is 100 Å². The number of aliphatic hydroxyl groups excluding tert-OH is 2. The number of halogens is 2. The minimum Gasteiger partial charge on any atom is -0.459 e. The van der Waals surface area contributed by atoms with E-state index in [1.807, 2.05) is 0 Å². The van der Waals surface area contributed by atoms with Crippen molar-refractivity contribution >= 4 is 22.8 Å². The second kappa shape index (κ2) is 7.40. The number of ether oxygens (including phenoxy) is 2. The molecule has 3 N–H and O–H groups in total. The van der Waals surface area contributed by atoms with Crippen LogP contribution in [-0.2, 0) is 4.74 Å². The Kier molecular flexibility index (Phi) is 4.96. The van der Waals surface area contributed by atoms with Gasteiger partial charge in [0.15, 0.2) is 5.65 Å². The first-order chi connectivity index (χ1) is 13.0. The summed E-state index contributed by atoms with van der Waals surface area (Å²) in [5.41, 5.74) is 2.16. The third-order valence-corrected chi connectivity index (χ3v) is 4.70. The molecule has 1 fully saturated rings. The normalized spacial score (nSPS) is 22.9. The average molecular weight is 394 g/mol. The van der Waals surface area contributed by atoms with Crippen LogP contribution in [-0.4, -0.2) is 56.7 Å². The van der Waals surface area contributed by atoms with Crippen molar-refractivity contribution in [3.8, 4) is 17.3 Å². The molecule has 0 spiro atoms. The van der Waals surface area contributed by atoms with Gasteiger partial charge in [0.25, 0.3) is 6.01 Å². The van der Waals surface area contributed by atoms with Gasteiger partial charge < -0.3 is 24.7 Å². The Labute approximate surface area is 158 Å². The first-order valence-electron chi connectivity index (χ1n) is 8.43. The number of rotatable bonds is 4. The molecule has 7 nitrogen and oxygen atoms in total. The number of fused-ring (bicyclic) bond motifs is 1. The molecule has 1 aliphatic heterocycles. The molecule has 0 amide bonds. The van der Waals surface area contributed by atoms with Gasteiger partial charge in [-0.05, 0) is 30.3 Å². The van der Waals surface area contributed by atoms with Crippen LogP contribution in [0.25, 0.3) is 22.4 Å². The zero-order valence-corrected chi connectivity index (χ0v) is 14.9. The minimum atomic E-state index is -0.809. The summed E-state index contributed by atoms with van der Waals surface area (Å²) >= 11 is 6.31. The summed E-state index contributed by atoms with van der Waals surface area (Å²) in [6, 6.07) is 7.77. The second-order valence-corrected chi connectivity index (χ2v) is 6.74. The largest absolute Gasteiger partial charge is 0.459 e. The van der Waals surface area contributed by atoms with E-state index in [-0.39, 0.29) is 25.0 Å². The molecular formula is C18H17ClFN3O4. The summed E-state index contributed by atoms with van der Waals surface area (Å²) in [5.74, 6) is -0.341. The van der Waals surface area contributed by atoms with Crippen molar-refractivity contribution in [2.45, 2.75) is 24.7 Å².